The molecule has 0 saturated carbocycles. The van der Waals surface area contributed by atoms with Crippen LogP contribution in [-0.4, -0.2) is 47.4 Å². The predicted octanol–water partition coefficient (Wildman–Crippen LogP) is 18.6. The highest BCUT2D eigenvalue weighted by Crippen LogP contribution is 2.17. The summed E-state index contributed by atoms with van der Waals surface area (Å²) in [6.07, 6.45) is 68.9. The highest BCUT2D eigenvalue weighted by molar-refractivity contribution is 5.76. The molecular formula is C61H117NO5. The van der Waals surface area contributed by atoms with Gasteiger partial charge in [0, 0.05) is 12.8 Å². The van der Waals surface area contributed by atoms with E-state index in [1.54, 1.807) is 0 Å². The first kappa shape index (κ1) is 65.3. The number of allylic oxidation sites excluding steroid dienone is 4. The number of nitrogens with one attached hydrogen (secondary N) is 1. The zero-order valence-electron chi connectivity index (χ0n) is 45.1. The number of rotatable bonds is 56. The molecule has 0 aliphatic rings. The van der Waals surface area contributed by atoms with Gasteiger partial charge < -0.3 is 20.3 Å². The van der Waals surface area contributed by atoms with Gasteiger partial charge >= 0.3 is 5.97 Å². The minimum atomic E-state index is -0.683. The number of esters is 1. The van der Waals surface area contributed by atoms with E-state index in [9.17, 15) is 19.8 Å². The van der Waals surface area contributed by atoms with Gasteiger partial charge in [0.25, 0.3) is 0 Å². The van der Waals surface area contributed by atoms with E-state index >= 15 is 0 Å². The van der Waals surface area contributed by atoms with Gasteiger partial charge in [0.15, 0.2) is 0 Å². The van der Waals surface area contributed by atoms with E-state index in [1.165, 1.54) is 225 Å². The molecule has 2 unspecified atom stereocenters. The lowest BCUT2D eigenvalue weighted by Gasteiger charge is -2.22. The third kappa shape index (κ3) is 53.5. The summed E-state index contributed by atoms with van der Waals surface area (Å²) in [4.78, 5) is 24.5. The molecule has 396 valence electrons. The number of amides is 1. The molecule has 3 N–H and O–H groups in total. The summed E-state index contributed by atoms with van der Waals surface area (Å²) in [5.41, 5.74) is 0. The van der Waals surface area contributed by atoms with Crippen molar-refractivity contribution in [2.75, 3.05) is 13.2 Å². The van der Waals surface area contributed by atoms with Crippen LogP contribution in [0.2, 0.25) is 0 Å². The molecule has 0 aromatic carbocycles. The van der Waals surface area contributed by atoms with Gasteiger partial charge in [0.2, 0.25) is 5.91 Å². The maximum absolute atomic E-state index is 12.5. The van der Waals surface area contributed by atoms with Crippen molar-refractivity contribution < 1.29 is 24.5 Å². The zero-order valence-corrected chi connectivity index (χ0v) is 45.1. The minimum Gasteiger partial charge on any atom is -0.466 e. The lowest BCUT2D eigenvalue weighted by Crippen LogP contribution is -2.45. The van der Waals surface area contributed by atoms with E-state index in [0.29, 0.717) is 25.9 Å². The average Bonchev–Trinajstić information content (AvgIpc) is 3.33. The summed E-state index contributed by atoms with van der Waals surface area (Å²) in [6.45, 7) is 4.91. The van der Waals surface area contributed by atoms with Gasteiger partial charge in [-0.3, -0.25) is 9.59 Å². The van der Waals surface area contributed by atoms with E-state index in [0.717, 1.165) is 70.6 Å². The van der Waals surface area contributed by atoms with Crippen molar-refractivity contribution in [2.24, 2.45) is 0 Å². The first-order valence-electron chi connectivity index (χ1n) is 30.1. The third-order valence-corrected chi connectivity index (χ3v) is 14.0. The number of unbranched alkanes of at least 4 members (excludes halogenated alkanes) is 41. The molecule has 0 aliphatic heterocycles. The van der Waals surface area contributed by atoms with E-state index < -0.39 is 12.1 Å². The molecule has 1 amide bonds. The van der Waals surface area contributed by atoms with Crippen molar-refractivity contribution in [3.63, 3.8) is 0 Å². The lowest BCUT2D eigenvalue weighted by atomic mass is 10.0. The summed E-state index contributed by atoms with van der Waals surface area (Å²) < 4.78 is 5.45. The van der Waals surface area contributed by atoms with E-state index in [4.69, 9.17) is 4.74 Å². The Bertz CT molecular complexity index is 1040. The molecule has 0 aromatic rings. The molecule has 0 fully saturated rings. The first-order chi connectivity index (χ1) is 33.0. The van der Waals surface area contributed by atoms with Crippen molar-refractivity contribution >= 4 is 11.9 Å². The number of hydrogen-bond donors (Lipinski definition) is 3. The fourth-order valence-electron chi connectivity index (χ4n) is 9.34. The molecule has 0 saturated heterocycles. The van der Waals surface area contributed by atoms with Gasteiger partial charge in [0.1, 0.15) is 0 Å². The second-order valence-corrected chi connectivity index (χ2v) is 20.7. The molecule has 0 bridgehead atoms. The second-order valence-electron chi connectivity index (χ2n) is 20.7. The number of hydrogen-bond acceptors (Lipinski definition) is 5. The van der Waals surface area contributed by atoms with Gasteiger partial charge in [-0.2, -0.15) is 0 Å². The number of carbonyl (C=O) groups excluding carboxylic acids is 2. The second kappa shape index (κ2) is 56.9. The largest absolute Gasteiger partial charge is 0.466 e. The van der Waals surface area contributed by atoms with Crippen LogP contribution in [0.25, 0.3) is 0 Å². The highest BCUT2D eigenvalue weighted by atomic mass is 16.5. The quantitative estimate of drug-likeness (QED) is 0.0321. The molecule has 0 spiro atoms. The average molecular weight is 945 g/mol. The molecule has 0 rings (SSSR count). The fraction of sp³-hybridized carbons (Fsp3) is 0.902. The normalized spacial score (nSPS) is 12.7. The fourth-order valence-corrected chi connectivity index (χ4v) is 9.34. The highest BCUT2D eigenvalue weighted by Gasteiger charge is 2.20. The Hall–Kier alpha value is -1.66. The Morgan fingerprint density at radius 1 is 0.403 bits per heavy atom. The molecule has 6 nitrogen and oxygen atoms in total. The van der Waals surface area contributed by atoms with Crippen LogP contribution in [0.3, 0.4) is 0 Å². The maximum atomic E-state index is 12.5. The molecule has 0 aliphatic carbocycles. The summed E-state index contributed by atoms with van der Waals surface area (Å²) in [7, 11) is 0. The van der Waals surface area contributed by atoms with E-state index in [1.807, 2.05) is 0 Å². The molecule has 0 radical (unpaired) electrons. The summed E-state index contributed by atoms with van der Waals surface area (Å²) >= 11 is 0. The van der Waals surface area contributed by atoms with Crippen molar-refractivity contribution in [1.29, 1.82) is 0 Å². The lowest BCUT2D eigenvalue weighted by molar-refractivity contribution is -0.143. The molecule has 67 heavy (non-hydrogen) atoms. The van der Waals surface area contributed by atoms with Crippen LogP contribution in [-0.2, 0) is 14.3 Å². The zero-order chi connectivity index (χ0) is 48.6. The van der Waals surface area contributed by atoms with Crippen LogP contribution >= 0.6 is 0 Å². The van der Waals surface area contributed by atoms with Gasteiger partial charge in [-0.05, 0) is 77.0 Å². The molecule has 0 heterocycles. The van der Waals surface area contributed by atoms with Crippen LogP contribution in [0.5, 0.6) is 0 Å². The standard InChI is InChI=1S/C61H117NO5/c1-3-5-7-9-11-13-15-17-18-19-20-21-22-23-24-25-26-27-30-33-37-41-45-49-53-59(64)58(57-63)62-60(65)54-50-46-42-38-34-31-28-32-36-40-44-48-52-56-67-61(66)55-51-47-43-39-35-29-16-14-12-10-8-6-4-2/h14,16,31,34,58-59,63-64H,3-13,15,17-30,32-33,35-57H2,1-2H3,(H,62,65)/b16-14-,34-31-. The molecular weight excluding hydrogens is 827 g/mol. The van der Waals surface area contributed by atoms with Crippen molar-refractivity contribution in [1.82, 2.24) is 5.32 Å². The third-order valence-electron chi connectivity index (χ3n) is 14.0. The van der Waals surface area contributed by atoms with Gasteiger partial charge in [-0.25, -0.2) is 0 Å². The van der Waals surface area contributed by atoms with Crippen LogP contribution in [0.4, 0.5) is 0 Å². The number of aliphatic hydroxyl groups excluding tert-OH is 2. The Morgan fingerprint density at radius 3 is 1.09 bits per heavy atom. The van der Waals surface area contributed by atoms with Crippen LogP contribution in [0, 0.1) is 0 Å². The van der Waals surface area contributed by atoms with Crippen LogP contribution in [0.1, 0.15) is 328 Å². The molecule has 0 aromatic heterocycles. The van der Waals surface area contributed by atoms with Crippen LogP contribution in [0.15, 0.2) is 24.3 Å². The first-order valence-corrected chi connectivity index (χ1v) is 30.1. The monoisotopic (exact) mass is 944 g/mol. The molecule has 6 heteroatoms. The number of ether oxygens (including phenoxy) is 1. The summed E-state index contributed by atoms with van der Waals surface area (Å²) in [5, 5.41) is 23.3. The van der Waals surface area contributed by atoms with E-state index in [2.05, 4.69) is 43.5 Å². The van der Waals surface area contributed by atoms with Crippen LogP contribution < -0.4 is 5.32 Å². The smallest absolute Gasteiger partial charge is 0.305 e. The maximum Gasteiger partial charge on any atom is 0.305 e. The number of carbonyl (C=O) groups is 2. The Balaban J connectivity index is 3.48. The Kier molecular flexibility index (Phi) is 55.5. The van der Waals surface area contributed by atoms with Gasteiger partial charge in [0.05, 0.1) is 25.4 Å². The molecule has 2 atom stereocenters. The van der Waals surface area contributed by atoms with Crippen molar-refractivity contribution in [2.45, 2.75) is 341 Å². The van der Waals surface area contributed by atoms with Crippen molar-refractivity contribution in [3.8, 4) is 0 Å². The Morgan fingerprint density at radius 2 is 0.701 bits per heavy atom. The van der Waals surface area contributed by atoms with Gasteiger partial charge in [-0.15, -0.1) is 0 Å². The summed E-state index contributed by atoms with van der Waals surface area (Å²) in [6, 6.07) is -0.563. The minimum absolute atomic E-state index is 0.0210. The van der Waals surface area contributed by atoms with Gasteiger partial charge in [-0.1, -0.05) is 263 Å². The van der Waals surface area contributed by atoms with Crippen molar-refractivity contribution in [3.05, 3.63) is 24.3 Å². The SMILES string of the molecule is CCCCCC/C=C\CCCCCCCC(=O)OCCCCCCCC/C=C\CCCCCC(=O)NC(CO)C(O)CCCCCCCCCCCCCCCCCCCCCCCCCC. The summed E-state index contributed by atoms with van der Waals surface area (Å²) in [5.74, 6) is -0.0832. The Labute approximate surface area is 418 Å². The predicted molar refractivity (Wildman–Crippen MR) is 292 cm³/mol. The van der Waals surface area contributed by atoms with E-state index in [-0.39, 0.29) is 18.5 Å². The topological polar surface area (TPSA) is 95.9 Å². The number of aliphatic hydroxyl groups is 2.